The predicted molar refractivity (Wildman–Crippen MR) is 90.7 cm³/mol. The lowest BCUT2D eigenvalue weighted by atomic mass is 10.0. The molecule has 12 heteroatoms. The first-order chi connectivity index (χ1) is 12.1. The van der Waals surface area contributed by atoms with Crippen LogP contribution in [0.4, 0.5) is 5.69 Å². The summed E-state index contributed by atoms with van der Waals surface area (Å²) in [5.41, 5.74) is 0.398. The topological polar surface area (TPSA) is 189 Å². The Kier molecular flexibility index (Phi) is 8.08. The van der Waals surface area contributed by atoms with E-state index in [9.17, 15) is 33.6 Å². The van der Waals surface area contributed by atoms with Gasteiger partial charge in [0.2, 0.25) is 5.91 Å². The average molecular weight is 391 g/mol. The molecule has 0 radical (unpaired) electrons. The Morgan fingerprint density at radius 3 is 2.23 bits per heavy atom. The Morgan fingerprint density at radius 2 is 1.73 bits per heavy atom. The number of benzene rings is 1. The standard InChI is InChI=1S/C14H21N3O8S/c1-8(19)16-9-2-4-10(5-3-9)26(24,25)17-15-6-11(20)13(22)14(23)12(21)7-18/h2-6,11-14,17-18,20-23H,7H2,1H3,(H,16,19)/b15-6+. The molecule has 146 valence electrons. The molecule has 0 heterocycles. The van der Waals surface area contributed by atoms with Gasteiger partial charge in [0.25, 0.3) is 10.0 Å². The Labute approximate surface area is 149 Å². The highest BCUT2D eigenvalue weighted by Gasteiger charge is 2.29. The third-order valence-electron chi connectivity index (χ3n) is 3.17. The van der Waals surface area contributed by atoms with Crippen LogP contribution in [0, 0.1) is 0 Å². The van der Waals surface area contributed by atoms with Gasteiger partial charge in [0.1, 0.15) is 24.4 Å². The summed E-state index contributed by atoms with van der Waals surface area (Å²) in [5, 5.41) is 52.2. The van der Waals surface area contributed by atoms with Crippen molar-refractivity contribution in [2.45, 2.75) is 36.2 Å². The lowest BCUT2D eigenvalue weighted by Crippen LogP contribution is -2.46. The maximum absolute atomic E-state index is 12.0. The van der Waals surface area contributed by atoms with E-state index < -0.39 is 41.0 Å². The molecular weight excluding hydrogens is 370 g/mol. The molecule has 7 N–H and O–H groups in total. The molecule has 0 aliphatic rings. The predicted octanol–water partition coefficient (Wildman–Crippen LogP) is -2.65. The summed E-state index contributed by atoms with van der Waals surface area (Å²) in [6.07, 6.45) is -6.65. The quantitative estimate of drug-likeness (QED) is 0.175. The van der Waals surface area contributed by atoms with Gasteiger partial charge in [-0.1, -0.05) is 0 Å². The van der Waals surface area contributed by atoms with E-state index in [1.165, 1.54) is 31.2 Å². The van der Waals surface area contributed by atoms with Crippen LogP contribution in [0.5, 0.6) is 0 Å². The zero-order valence-corrected chi connectivity index (χ0v) is 14.5. The molecule has 1 aromatic rings. The van der Waals surface area contributed by atoms with Crippen molar-refractivity contribution in [2.75, 3.05) is 11.9 Å². The van der Waals surface area contributed by atoms with Gasteiger partial charge < -0.3 is 30.8 Å². The van der Waals surface area contributed by atoms with E-state index in [0.29, 0.717) is 11.9 Å². The van der Waals surface area contributed by atoms with Crippen molar-refractivity contribution in [3.8, 4) is 0 Å². The van der Waals surface area contributed by atoms with Crippen molar-refractivity contribution in [2.24, 2.45) is 5.10 Å². The van der Waals surface area contributed by atoms with Crippen molar-refractivity contribution in [3.05, 3.63) is 24.3 Å². The molecule has 0 spiro atoms. The molecule has 11 nitrogen and oxygen atoms in total. The average Bonchev–Trinajstić information content (AvgIpc) is 2.59. The van der Waals surface area contributed by atoms with Crippen LogP contribution in [0.1, 0.15) is 6.92 Å². The molecule has 0 aromatic heterocycles. The molecule has 4 unspecified atom stereocenters. The Hall–Kier alpha value is -2.09. The van der Waals surface area contributed by atoms with Gasteiger partial charge in [-0.3, -0.25) is 4.79 Å². The van der Waals surface area contributed by atoms with E-state index in [1.807, 2.05) is 0 Å². The normalized spacial score (nSPS) is 16.7. The first kappa shape index (κ1) is 22.0. The second-order valence-electron chi connectivity index (χ2n) is 5.30. The molecule has 0 fully saturated rings. The first-order valence-corrected chi connectivity index (χ1v) is 8.82. The summed E-state index contributed by atoms with van der Waals surface area (Å²) in [5.74, 6) is -0.315. The zero-order chi connectivity index (χ0) is 19.9. The molecule has 0 saturated carbocycles. The number of anilines is 1. The lowest BCUT2D eigenvalue weighted by molar-refractivity contribution is -0.114. The van der Waals surface area contributed by atoms with Gasteiger partial charge >= 0.3 is 0 Å². The Balaban J connectivity index is 2.72. The molecule has 1 amide bonds. The van der Waals surface area contributed by atoms with Crippen molar-refractivity contribution >= 4 is 27.8 Å². The number of rotatable bonds is 9. The van der Waals surface area contributed by atoms with Crippen LogP contribution in [0.15, 0.2) is 34.3 Å². The monoisotopic (exact) mass is 391 g/mol. The number of carbonyl (C=O) groups excluding carboxylic acids is 1. The third-order valence-corrected chi connectivity index (χ3v) is 4.40. The largest absolute Gasteiger partial charge is 0.394 e. The van der Waals surface area contributed by atoms with Gasteiger partial charge in [-0.2, -0.15) is 13.5 Å². The van der Waals surface area contributed by atoms with Gasteiger partial charge in [0.15, 0.2) is 0 Å². The smallest absolute Gasteiger partial charge is 0.276 e. The fourth-order valence-corrected chi connectivity index (χ4v) is 2.57. The number of hydrazone groups is 1. The molecule has 0 aliphatic heterocycles. The van der Waals surface area contributed by atoms with Gasteiger partial charge in [0, 0.05) is 12.6 Å². The van der Waals surface area contributed by atoms with Crippen LogP contribution in [0.3, 0.4) is 0 Å². The lowest BCUT2D eigenvalue weighted by Gasteiger charge is -2.23. The highest BCUT2D eigenvalue weighted by molar-refractivity contribution is 7.89. The van der Waals surface area contributed by atoms with E-state index >= 15 is 0 Å². The van der Waals surface area contributed by atoms with E-state index in [1.54, 1.807) is 4.83 Å². The van der Waals surface area contributed by atoms with E-state index in [0.717, 1.165) is 0 Å². The summed E-state index contributed by atoms with van der Waals surface area (Å²) >= 11 is 0. The number of nitrogens with one attached hydrogen (secondary N) is 2. The first-order valence-electron chi connectivity index (χ1n) is 7.34. The SMILES string of the molecule is CC(=O)Nc1ccc(S(=O)(=O)N/N=C/C(O)C(O)C(O)C(O)CO)cc1. The second kappa shape index (κ2) is 9.56. The van der Waals surface area contributed by atoms with E-state index in [-0.39, 0.29) is 10.8 Å². The van der Waals surface area contributed by atoms with Crippen LogP contribution >= 0.6 is 0 Å². The van der Waals surface area contributed by atoms with Crippen molar-refractivity contribution in [3.63, 3.8) is 0 Å². The fraction of sp³-hybridized carbons (Fsp3) is 0.429. The Bertz CT molecular complexity index is 722. The third kappa shape index (κ3) is 6.33. The molecule has 0 saturated heterocycles. The number of aliphatic hydroxyl groups excluding tert-OH is 5. The fourth-order valence-electron chi connectivity index (χ4n) is 1.78. The number of nitrogens with zero attached hydrogens (tertiary/aromatic N) is 1. The summed E-state index contributed by atoms with van der Waals surface area (Å²) in [6.45, 7) is 0.459. The molecular formula is C14H21N3O8S. The summed E-state index contributed by atoms with van der Waals surface area (Å²) in [4.78, 5) is 12.5. The van der Waals surface area contributed by atoms with E-state index in [4.69, 9.17) is 5.11 Å². The van der Waals surface area contributed by atoms with Gasteiger partial charge in [0.05, 0.1) is 17.7 Å². The molecule has 1 aromatic carbocycles. The molecule has 4 atom stereocenters. The minimum absolute atomic E-state index is 0.172. The highest BCUT2D eigenvalue weighted by Crippen LogP contribution is 2.14. The number of carbonyl (C=O) groups is 1. The van der Waals surface area contributed by atoms with Gasteiger partial charge in [-0.05, 0) is 24.3 Å². The minimum Gasteiger partial charge on any atom is -0.394 e. The van der Waals surface area contributed by atoms with Crippen LogP contribution < -0.4 is 10.1 Å². The highest BCUT2D eigenvalue weighted by atomic mass is 32.2. The van der Waals surface area contributed by atoms with Crippen LogP contribution in [-0.2, 0) is 14.8 Å². The number of hydrogen-bond donors (Lipinski definition) is 7. The molecule has 26 heavy (non-hydrogen) atoms. The van der Waals surface area contributed by atoms with Crippen LogP contribution in [0.25, 0.3) is 0 Å². The van der Waals surface area contributed by atoms with Gasteiger partial charge in [-0.25, -0.2) is 4.83 Å². The maximum atomic E-state index is 12.0. The summed E-state index contributed by atoms with van der Waals surface area (Å²) < 4.78 is 24.1. The molecule has 0 aliphatic carbocycles. The summed E-state index contributed by atoms with van der Waals surface area (Å²) in [7, 11) is -4.07. The second-order valence-corrected chi connectivity index (χ2v) is 6.96. The van der Waals surface area contributed by atoms with E-state index in [2.05, 4.69) is 10.4 Å². The number of amides is 1. The van der Waals surface area contributed by atoms with Crippen LogP contribution in [0.2, 0.25) is 0 Å². The van der Waals surface area contributed by atoms with Crippen molar-refractivity contribution in [1.29, 1.82) is 0 Å². The zero-order valence-electron chi connectivity index (χ0n) is 13.7. The number of aliphatic hydroxyl groups is 5. The molecule has 0 bridgehead atoms. The number of hydrogen-bond acceptors (Lipinski definition) is 9. The van der Waals surface area contributed by atoms with Crippen molar-refractivity contribution < 1.29 is 38.7 Å². The maximum Gasteiger partial charge on any atom is 0.276 e. The summed E-state index contributed by atoms with van der Waals surface area (Å²) in [6, 6.07) is 5.17. The Morgan fingerprint density at radius 1 is 1.15 bits per heavy atom. The van der Waals surface area contributed by atoms with Crippen molar-refractivity contribution in [1.82, 2.24) is 4.83 Å². The van der Waals surface area contributed by atoms with Gasteiger partial charge in [-0.15, -0.1) is 0 Å². The minimum atomic E-state index is -4.07. The number of sulfonamides is 1. The molecule has 1 rings (SSSR count). The van der Waals surface area contributed by atoms with Crippen LogP contribution in [-0.4, -0.2) is 77.1 Å².